The van der Waals surface area contributed by atoms with Gasteiger partial charge in [0.25, 0.3) is 0 Å². The molecule has 0 saturated carbocycles. The van der Waals surface area contributed by atoms with Crippen molar-refractivity contribution in [2.45, 2.75) is 85.0 Å². The average Bonchev–Trinajstić information content (AvgIpc) is 2.76. The number of amides is 1. The van der Waals surface area contributed by atoms with Crippen LogP contribution in [0.4, 0.5) is 4.79 Å². The van der Waals surface area contributed by atoms with Gasteiger partial charge in [0.05, 0.1) is 24.7 Å². The highest BCUT2D eigenvalue weighted by atomic mass is 16.6. The Morgan fingerprint density at radius 1 is 1.08 bits per heavy atom. The van der Waals surface area contributed by atoms with Crippen LogP contribution in [0.3, 0.4) is 0 Å². The maximum Gasteiger partial charge on any atom is 0.407 e. The van der Waals surface area contributed by atoms with Crippen molar-refractivity contribution in [1.82, 2.24) is 5.32 Å². The van der Waals surface area contributed by atoms with Crippen LogP contribution < -0.4 is 10.1 Å². The molecule has 36 heavy (non-hydrogen) atoms. The van der Waals surface area contributed by atoms with Crippen molar-refractivity contribution in [3.8, 4) is 11.5 Å². The van der Waals surface area contributed by atoms with Gasteiger partial charge < -0.3 is 34.8 Å². The fourth-order valence-corrected chi connectivity index (χ4v) is 3.84. The van der Waals surface area contributed by atoms with Gasteiger partial charge in [0.15, 0.2) is 11.5 Å². The molecule has 206 valence electrons. The molecule has 0 aliphatic heterocycles. The third-order valence-electron chi connectivity index (χ3n) is 6.29. The first-order chi connectivity index (χ1) is 16.7. The number of phenols is 1. The number of ether oxygens (including phenoxy) is 3. The van der Waals surface area contributed by atoms with Crippen LogP contribution in [-0.2, 0) is 14.3 Å². The van der Waals surface area contributed by atoms with E-state index in [9.17, 15) is 24.9 Å². The standard InChI is InChI=1S/C27H45NO8/c1-16(2)17(3)14-20(28-26(33)36-27(5,6)7)24(30)23(18(4)25(31)32)19-10-11-21(29)22(15-19)35-13-9-12-34-8/h10-11,15-18,20,23-24,29-30H,9,12-14H2,1-8H3,(H,28,33)(H,31,32)/t17-,18+,20-,23?,24+/m0/s1. The second kappa shape index (κ2) is 14.3. The number of alkyl carbamates (subject to hydrolysis) is 1. The number of aliphatic carboxylic acids is 1. The van der Waals surface area contributed by atoms with E-state index in [4.69, 9.17) is 14.2 Å². The molecule has 1 amide bonds. The normalized spacial score (nSPS) is 16.1. The molecule has 0 aromatic heterocycles. The summed E-state index contributed by atoms with van der Waals surface area (Å²) in [6.45, 7) is 13.6. The van der Waals surface area contributed by atoms with Crippen LogP contribution in [-0.4, -0.2) is 65.5 Å². The summed E-state index contributed by atoms with van der Waals surface area (Å²) in [6.07, 6.45) is -0.917. The SMILES string of the molecule is COCCCOc1cc(C([C@@H](C)C(=O)O)[C@H](O)[C@H](C[C@H](C)C(C)C)NC(=O)OC(C)(C)C)ccc1O. The fourth-order valence-electron chi connectivity index (χ4n) is 3.84. The molecular weight excluding hydrogens is 466 g/mol. The largest absolute Gasteiger partial charge is 0.504 e. The number of methoxy groups -OCH3 is 1. The second-order valence-electron chi connectivity index (χ2n) is 10.8. The highest BCUT2D eigenvalue weighted by Crippen LogP contribution is 2.37. The van der Waals surface area contributed by atoms with Crippen molar-refractivity contribution in [2.75, 3.05) is 20.3 Å². The lowest BCUT2D eigenvalue weighted by atomic mass is 9.77. The lowest BCUT2D eigenvalue weighted by molar-refractivity contribution is -0.143. The number of aliphatic hydroxyl groups excluding tert-OH is 1. The zero-order valence-electron chi connectivity index (χ0n) is 22.9. The minimum atomic E-state index is -1.25. The Balaban J connectivity index is 3.38. The van der Waals surface area contributed by atoms with E-state index in [2.05, 4.69) is 5.32 Å². The van der Waals surface area contributed by atoms with Gasteiger partial charge in [-0.3, -0.25) is 4.79 Å². The zero-order chi connectivity index (χ0) is 27.6. The van der Waals surface area contributed by atoms with E-state index in [0.29, 0.717) is 31.6 Å². The predicted molar refractivity (Wildman–Crippen MR) is 137 cm³/mol. The molecule has 1 aromatic carbocycles. The Labute approximate surface area is 215 Å². The van der Waals surface area contributed by atoms with Gasteiger partial charge in [0.1, 0.15) is 5.60 Å². The molecule has 0 radical (unpaired) electrons. The molecule has 9 nitrogen and oxygen atoms in total. The number of rotatable bonds is 14. The van der Waals surface area contributed by atoms with Crippen LogP contribution in [0.5, 0.6) is 11.5 Å². The van der Waals surface area contributed by atoms with Gasteiger partial charge in [-0.25, -0.2) is 4.79 Å². The van der Waals surface area contributed by atoms with Gasteiger partial charge in [-0.2, -0.15) is 0 Å². The number of benzene rings is 1. The smallest absolute Gasteiger partial charge is 0.407 e. The lowest BCUT2D eigenvalue weighted by Gasteiger charge is -2.35. The summed E-state index contributed by atoms with van der Waals surface area (Å²) in [4.78, 5) is 24.7. The van der Waals surface area contributed by atoms with Crippen LogP contribution in [0.25, 0.3) is 0 Å². The molecule has 1 unspecified atom stereocenters. The van der Waals surface area contributed by atoms with Crippen LogP contribution >= 0.6 is 0 Å². The van der Waals surface area contributed by atoms with E-state index >= 15 is 0 Å². The average molecular weight is 512 g/mol. The Kier molecular flexibility index (Phi) is 12.5. The maximum atomic E-state index is 12.6. The summed E-state index contributed by atoms with van der Waals surface area (Å²) in [5.74, 6) is -2.50. The van der Waals surface area contributed by atoms with Crippen molar-refractivity contribution < 1.29 is 39.1 Å². The zero-order valence-corrected chi connectivity index (χ0v) is 22.9. The highest BCUT2D eigenvalue weighted by molar-refractivity contribution is 5.71. The molecule has 0 saturated heterocycles. The summed E-state index contributed by atoms with van der Waals surface area (Å²) >= 11 is 0. The van der Waals surface area contributed by atoms with E-state index in [-0.39, 0.29) is 23.3 Å². The Morgan fingerprint density at radius 2 is 1.72 bits per heavy atom. The van der Waals surface area contributed by atoms with Crippen molar-refractivity contribution in [3.05, 3.63) is 23.8 Å². The first-order valence-corrected chi connectivity index (χ1v) is 12.5. The molecule has 0 aliphatic rings. The summed E-state index contributed by atoms with van der Waals surface area (Å²) in [7, 11) is 1.58. The minimum Gasteiger partial charge on any atom is -0.504 e. The molecule has 1 rings (SSSR count). The minimum absolute atomic E-state index is 0.0933. The van der Waals surface area contributed by atoms with Crippen molar-refractivity contribution in [2.24, 2.45) is 17.8 Å². The first kappa shape index (κ1) is 31.5. The van der Waals surface area contributed by atoms with Crippen LogP contribution in [0.2, 0.25) is 0 Å². The molecule has 9 heteroatoms. The number of carbonyl (C=O) groups excluding carboxylic acids is 1. The van der Waals surface area contributed by atoms with Crippen LogP contribution in [0, 0.1) is 17.8 Å². The van der Waals surface area contributed by atoms with Crippen molar-refractivity contribution in [1.29, 1.82) is 0 Å². The molecule has 0 heterocycles. The number of carboxylic acid groups (broad SMARTS) is 1. The quantitative estimate of drug-likeness (QED) is 0.267. The second-order valence-corrected chi connectivity index (χ2v) is 10.8. The molecular formula is C27H45NO8. The Morgan fingerprint density at radius 3 is 2.25 bits per heavy atom. The van der Waals surface area contributed by atoms with E-state index in [1.54, 1.807) is 40.0 Å². The van der Waals surface area contributed by atoms with Crippen LogP contribution in [0.1, 0.15) is 72.8 Å². The van der Waals surface area contributed by atoms with E-state index < -0.39 is 41.6 Å². The molecule has 1 aromatic rings. The number of carbonyl (C=O) groups is 2. The molecule has 0 spiro atoms. The Hall–Kier alpha value is -2.52. The third kappa shape index (κ3) is 10.2. The summed E-state index contributed by atoms with van der Waals surface area (Å²) in [6, 6.07) is 3.76. The summed E-state index contributed by atoms with van der Waals surface area (Å²) in [5.41, 5.74) is -0.256. The van der Waals surface area contributed by atoms with Gasteiger partial charge in [-0.05, 0) is 56.7 Å². The fraction of sp³-hybridized carbons (Fsp3) is 0.704. The van der Waals surface area contributed by atoms with Crippen molar-refractivity contribution >= 4 is 12.1 Å². The topological polar surface area (TPSA) is 135 Å². The number of nitrogens with one attached hydrogen (secondary N) is 1. The first-order valence-electron chi connectivity index (χ1n) is 12.5. The number of phenolic OH excluding ortho intramolecular Hbond substituents is 1. The highest BCUT2D eigenvalue weighted by Gasteiger charge is 2.38. The van der Waals surface area contributed by atoms with Gasteiger partial charge >= 0.3 is 12.1 Å². The van der Waals surface area contributed by atoms with E-state index in [1.165, 1.54) is 13.0 Å². The lowest BCUT2D eigenvalue weighted by Crippen LogP contribution is -2.50. The number of aliphatic hydroxyl groups is 1. The third-order valence-corrected chi connectivity index (χ3v) is 6.29. The van der Waals surface area contributed by atoms with E-state index in [0.717, 1.165) is 0 Å². The van der Waals surface area contributed by atoms with E-state index in [1.807, 2.05) is 20.8 Å². The molecule has 0 bridgehead atoms. The molecule has 0 aliphatic carbocycles. The summed E-state index contributed by atoms with van der Waals surface area (Å²) in [5, 5.41) is 34.5. The van der Waals surface area contributed by atoms with Gasteiger partial charge in [0, 0.05) is 26.1 Å². The van der Waals surface area contributed by atoms with Gasteiger partial charge in [-0.1, -0.05) is 33.8 Å². The monoisotopic (exact) mass is 511 g/mol. The van der Waals surface area contributed by atoms with Crippen LogP contribution in [0.15, 0.2) is 18.2 Å². The van der Waals surface area contributed by atoms with Gasteiger partial charge in [-0.15, -0.1) is 0 Å². The maximum absolute atomic E-state index is 12.6. The van der Waals surface area contributed by atoms with Crippen molar-refractivity contribution in [3.63, 3.8) is 0 Å². The number of carboxylic acids is 1. The predicted octanol–water partition coefficient (Wildman–Crippen LogP) is 4.55. The van der Waals surface area contributed by atoms with Gasteiger partial charge in [0.2, 0.25) is 0 Å². The molecule has 5 atom stereocenters. The number of hydrogen-bond acceptors (Lipinski definition) is 7. The summed E-state index contributed by atoms with van der Waals surface area (Å²) < 4.78 is 16.1. The number of aromatic hydroxyl groups is 1. The Bertz CT molecular complexity index is 836. The molecule has 4 N–H and O–H groups in total. The molecule has 0 fully saturated rings. The number of hydrogen-bond donors (Lipinski definition) is 4.